The Kier molecular flexibility index (Phi) is 5.14. The van der Waals surface area contributed by atoms with Crippen molar-refractivity contribution < 1.29 is 23.8 Å². The minimum atomic E-state index is -0.863. The molecule has 0 unspecified atom stereocenters. The van der Waals surface area contributed by atoms with E-state index in [-0.39, 0.29) is 17.9 Å². The van der Waals surface area contributed by atoms with Crippen molar-refractivity contribution in [2.24, 2.45) is 0 Å². The summed E-state index contributed by atoms with van der Waals surface area (Å²) in [7, 11) is 0. The van der Waals surface area contributed by atoms with Crippen LogP contribution in [0.3, 0.4) is 0 Å². The lowest BCUT2D eigenvalue weighted by Crippen LogP contribution is -2.15. The van der Waals surface area contributed by atoms with Crippen LogP contribution in [0, 0.1) is 6.92 Å². The van der Waals surface area contributed by atoms with Gasteiger partial charge in [0.05, 0.1) is 6.61 Å². The molecule has 2 aromatic rings. The van der Waals surface area contributed by atoms with Crippen molar-refractivity contribution >= 4 is 12.1 Å². The molecule has 0 fully saturated rings. The van der Waals surface area contributed by atoms with E-state index in [4.69, 9.17) is 14.2 Å². The fourth-order valence-electron chi connectivity index (χ4n) is 1.73. The predicted molar refractivity (Wildman–Crippen MR) is 80.2 cm³/mol. The Hall–Kier alpha value is -2.82. The molecule has 0 atom stereocenters. The SMILES string of the molecule is CCOC(=O)Oc1ccccc1C(=O)Oc1ccc(C)cc1. The van der Waals surface area contributed by atoms with Crippen LogP contribution >= 0.6 is 0 Å². The summed E-state index contributed by atoms with van der Waals surface area (Å²) in [5.41, 5.74) is 1.21. The lowest BCUT2D eigenvalue weighted by Gasteiger charge is -2.09. The Morgan fingerprint density at radius 2 is 1.64 bits per heavy atom. The van der Waals surface area contributed by atoms with Gasteiger partial charge in [-0.05, 0) is 38.1 Å². The summed E-state index contributed by atoms with van der Waals surface area (Å²) in [6.45, 7) is 3.79. The van der Waals surface area contributed by atoms with Gasteiger partial charge in [-0.25, -0.2) is 9.59 Å². The van der Waals surface area contributed by atoms with Crippen LogP contribution in [0.4, 0.5) is 4.79 Å². The summed E-state index contributed by atoms with van der Waals surface area (Å²) in [4.78, 5) is 23.6. The molecule has 2 rings (SSSR count). The number of aryl methyl sites for hydroxylation is 1. The van der Waals surface area contributed by atoms with Crippen LogP contribution < -0.4 is 9.47 Å². The summed E-state index contributed by atoms with van der Waals surface area (Å²) in [5, 5.41) is 0. The Morgan fingerprint density at radius 1 is 0.955 bits per heavy atom. The van der Waals surface area contributed by atoms with Gasteiger partial charge in [-0.15, -0.1) is 0 Å². The van der Waals surface area contributed by atoms with Crippen LogP contribution in [-0.4, -0.2) is 18.7 Å². The smallest absolute Gasteiger partial charge is 0.434 e. The van der Waals surface area contributed by atoms with Crippen LogP contribution in [0.15, 0.2) is 48.5 Å². The van der Waals surface area contributed by atoms with E-state index < -0.39 is 12.1 Å². The Balaban J connectivity index is 2.15. The van der Waals surface area contributed by atoms with Crippen LogP contribution in [0.5, 0.6) is 11.5 Å². The molecule has 0 spiro atoms. The monoisotopic (exact) mass is 300 g/mol. The largest absolute Gasteiger partial charge is 0.513 e. The van der Waals surface area contributed by atoms with E-state index in [0.29, 0.717) is 5.75 Å². The zero-order valence-electron chi connectivity index (χ0n) is 12.4. The highest BCUT2D eigenvalue weighted by atomic mass is 16.7. The van der Waals surface area contributed by atoms with Gasteiger partial charge in [0, 0.05) is 0 Å². The molecular weight excluding hydrogens is 284 g/mol. The highest BCUT2D eigenvalue weighted by Crippen LogP contribution is 2.21. The molecule has 114 valence electrons. The molecule has 5 nitrogen and oxygen atoms in total. The van der Waals surface area contributed by atoms with Crippen molar-refractivity contribution in [2.75, 3.05) is 6.61 Å². The van der Waals surface area contributed by atoms with Crippen molar-refractivity contribution in [3.05, 3.63) is 59.7 Å². The van der Waals surface area contributed by atoms with Crippen molar-refractivity contribution in [2.45, 2.75) is 13.8 Å². The second kappa shape index (κ2) is 7.26. The molecule has 0 aliphatic heterocycles. The van der Waals surface area contributed by atoms with E-state index in [9.17, 15) is 9.59 Å². The summed E-state index contributed by atoms with van der Waals surface area (Å²) in [6.07, 6.45) is -0.863. The van der Waals surface area contributed by atoms with E-state index in [1.54, 1.807) is 31.2 Å². The first-order chi connectivity index (χ1) is 10.6. The summed E-state index contributed by atoms with van der Waals surface area (Å²) in [6, 6.07) is 13.4. The minimum absolute atomic E-state index is 0.0954. The van der Waals surface area contributed by atoms with Crippen LogP contribution in [0.2, 0.25) is 0 Å². The molecule has 0 radical (unpaired) electrons. The van der Waals surface area contributed by atoms with Gasteiger partial charge in [-0.1, -0.05) is 29.8 Å². The molecule has 0 saturated heterocycles. The number of para-hydroxylation sites is 1. The standard InChI is InChI=1S/C17H16O5/c1-3-20-17(19)22-15-7-5-4-6-14(15)16(18)21-13-10-8-12(2)9-11-13/h4-11H,3H2,1-2H3. The molecule has 22 heavy (non-hydrogen) atoms. The lowest BCUT2D eigenvalue weighted by molar-refractivity contribution is 0.0728. The van der Waals surface area contributed by atoms with Crippen LogP contribution in [-0.2, 0) is 4.74 Å². The van der Waals surface area contributed by atoms with Crippen LogP contribution in [0.25, 0.3) is 0 Å². The van der Waals surface area contributed by atoms with Crippen molar-refractivity contribution in [3.8, 4) is 11.5 Å². The summed E-state index contributed by atoms with van der Waals surface area (Å²) >= 11 is 0. The molecule has 0 aromatic heterocycles. The molecule has 0 heterocycles. The lowest BCUT2D eigenvalue weighted by atomic mass is 10.2. The van der Waals surface area contributed by atoms with Gasteiger partial charge in [0.2, 0.25) is 0 Å². The van der Waals surface area contributed by atoms with E-state index in [1.807, 2.05) is 19.1 Å². The third-order valence-corrected chi connectivity index (χ3v) is 2.79. The second-order valence-corrected chi connectivity index (χ2v) is 4.48. The first-order valence-corrected chi connectivity index (χ1v) is 6.82. The maximum absolute atomic E-state index is 12.2. The maximum atomic E-state index is 12.2. The number of rotatable bonds is 4. The Morgan fingerprint density at radius 3 is 2.32 bits per heavy atom. The van der Waals surface area contributed by atoms with Gasteiger partial charge < -0.3 is 14.2 Å². The average Bonchev–Trinajstić information content (AvgIpc) is 2.50. The fourth-order valence-corrected chi connectivity index (χ4v) is 1.73. The fraction of sp³-hybridized carbons (Fsp3) is 0.176. The number of carbonyl (C=O) groups is 2. The molecule has 0 amide bonds. The third-order valence-electron chi connectivity index (χ3n) is 2.79. The Bertz CT molecular complexity index is 661. The number of ether oxygens (including phenoxy) is 3. The zero-order valence-corrected chi connectivity index (χ0v) is 12.4. The average molecular weight is 300 g/mol. The van der Waals surface area contributed by atoms with Gasteiger partial charge in [0.25, 0.3) is 0 Å². The van der Waals surface area contributed by atoms with Crippen LogP contribution in [0.1, 0.15) is 22.8 Å². The Labute approximate surface area is 128 Å². The zero-order chi connectivity index (χ0) is 15.9. The predicted octanol–water partition coefficient (Wildman–Crippen LogP) is 3.75. The molecule has 2 aromatic carbocycles. The minimum Gasteiger partial charge on any atom is -0.434 e. The molecular formula is C17H16O5. The van der Waals surface area contributed by atoms with E-state index in [2.05, 4.69) is 0 Å². The van der Waals surface area contributed by atoms with Gasteiger partial charge in [-0.2, -0.15) is 0 Å². The number of hydrogen-bond donors (Lipinski definition) is 0. The summed E-state index contributed by atoms with van der Waals surface area (Å²) in [5.74, 6) is -0.0941. The quantitative estimate of drug-likeness (QED) is 0.489. The molecule has 0 saturated carbocycles. The van der Waals surface area contributed by atoms with Gasteiger partial charge in [0.15, 0.2) is 0 Å². The second-order valence-electron chi connectivity index (χ2n) is 4.48. The summed E-state index contributed by atoms with van der Waals surface area (Å²) < 4.78 is 15.0. The van der Waals surface area contributed by atoms with E-state index >= 15 is 0 Å². The van der Waals surface area contributed by atoms with Crippen molar-refractivity contribution in [3.63, 3.8) is 0 Å². The van der Waals surface area contributed by atoms with Gasteiger partial charge in [-0.3, -0.25) is 0 Å². The highest BCUT2D eigenvalue weighted by Gasteiger charge is 2.17. The molecule has 0 N–H and O–H groups in total. The van der Waals surface area contributed by atoms with Gasteiger partial charge >= 0.3 is 12.1 Å². The number of esters is 1. The van der Waals surface area contributed by atoms with E-state index in [1.165, 1.54) is 12.1 Å². The van der Waals surface area contributed by atoms with Crippen molar-refractivity contribution in [1.29, 1.82) is 0 Å². The number of hydrogen-bond acceptors (Lipinski definition) is 5. The van der Waals surface area contributed by atoms with E-state index in [0.717, 1.165) is 5.56 Å². The normalized spacial score (nSPS) is 9.91. The molecule has 5 heteroatoms. The first kappa shape index (κ1) is 15.6. The number of carbonyl (C=O) groups excluding carboxylic acids is 2. The third kappa shape index (κ3) is 4.09. The van der Waals surface area contributed by atoms with Gasteiger partial charge in [0.1, 0.15) is 17.1 Å². The maximum Gasteiger partial charge on any atom is 0.513 e. The molecule has 0 aliphatic carbocycles. The topological polar surface area (TPSA) is 61.8 Å². The molecule has 0 aliphatic rings. The first-order valence-electron chi connectivity index (χ1n) is 6.82. The molecule has 0 bridgehead atoms. The number of benzene rings is 2. The highest BCUT2D eigenvalue weighted by molar-refractivity contribution is 5.94. The van der Waals surface area contributed by atoms with Crippen molar-refractivity contribution in [1.82, 2.24) is 0 Å².